The van der Waals surface area contributed by atoms with Gasteiger partial charge in [-0.25, -0.2) is 0 Å². The number of aromatic hydroxyl groups is 2. The maximum absolute atomic E-state index is 9.05. The number of benzene rings is 1. The molecule has 0 fully saturated rings. The third kappa shape index (κ3) is 1.13. The standard InChI is InChI=1S/C7H8O2/c1-5-2-3-6(8)7(9)4-5/h2-4,8-9H,1H3/i2D,3D,4D. The first-order chi connectivity index (χ1) is 5.46. The van der Waals surface area contributed by atoms with E-state index in [1.165, 1.54) is 6.92 Å². The van der Waals surface area contributed by atoms with Crippen molar-refractivity contribution in [1.29, 1.82) is 0 Å². The van der Waals surface area contributed by atoms with Gasteiger partial charge in [0.05, 0.1) is 4.11 Å². The number of phenols is 2. The lowest BCUT2D eigenvalue weighted by Gasteiger charge is -1.95. The van der Waals surface area contributed by atoms with E-state index in [1.54, 1.807) is 0 Å². The van der Waals surface area contributed by atoms with Crippen LogP contribution in [0.25, 0.3) is 0 Å². The molecule has 2 heteroatoms. The normalized spacial score (nSPS) is 14.1. The highest BCUT2D eigenvalue weighted by Crippen LogP contribution is 2.23. The summed E-state index contributed by atoms with van der Waals surface area (Å²) in [5, 5.41) is 18.1. The summed E-state index contributed by atoms with van der Waals surface area (Å²) in [6.07, 6.45) is 0. The fourth-order valence-electron chi connectivity index (χ4n) is 0.480. The Balaban J connectivity index is 3.60. The molecule has 0 aliphatic rings. The SMILES string of the molecule is [2H]c1c([2H])c(O)c(O)c([2H])c1C. The summed E-state index contributed by atoms with van der Waals surface area (Å²) in [4.78, 5) is 0. The van der Waals surface area contributed by atoms with Crippen molar-refractivity contribution in [2.45, 2.75) is 6.92 Å². The molecule has 0 saturated carbocycles. The number of phenolic OH excluding ortho intramolecular Hbond substituents is 2. The largest absolute Gasteiger partial charge is 0.504 e. The summed E-state index contributed by atoms with van der Waals surface area (Å²) in [7, 11) is 0. The summed E-state index contributed by atoms with van der Waals surface area (Å²) < 4.78 is 21.6. The second-order valence-electron chi connectivity index (χ2n) is 1.70. The van der Waals surface area contributed by atoms with Crippen LogP contribution in [0.15, 0.2) is 18.1 Å². The van der Waals surface area contributed by atoms with Crippen molar-refractivity contribution < 1.29 is 14.3 Å². The van der Waals surface area contributed by atoms with Gasteiger partial charge in [-0.05, 0) is 24.6 Å². The minimum atomic E-state index is -0.699. The Labute approximate surface area is 57.6 Å². The molecule has 48 valence electrons. The van der Waals surface area contributed by atoms with Crippen LogP contribution < -0.4 is 0 Å². The molecule has 1 aromatic rings. The summed E-state index contributed by atoms with van der Waals surface area (Å²) in [5.74, 6) is -1.33. The Hall–Kier alpha value is -1.18. The van der Waals surface area contributed by atoms with Gasteiger partial charge in [-0.1, -0.05) is 6.04 Å². The van der Waals surface area contributed by atoms with E-state index in [1.807, 2.05) is 0 Å². The molecule has 1 aromatic carbocycles. The van der Waals surface area contributed by atoms with Crippen molar-refractivity contribution in [2.24, 2.45) is 0 Å². The van der Waals surface area contributed by atoms with Crippen molar-refractivity contribution in [2.75, 3.05) is 0 Å². The third-order valence-corrected chi connectivity index (χ3v) is 0.899. The molecule has 9 heavy (non-hydrogen) atoms. The van der Waals surface area contributed by atoms with Crippen molar-refractivity contribution in [1.82, 2.24) is 0 Å². The second-order valence-corrected chi connectivity index (χ2v) is 1.70. The fourth-order valence-corrected chi connectivity index (χ4v) is 0.480. The van der Waals surface area contributed by atoms with Crippen molar-refractivity contribution >= 4 is 0 Å². The number of hydrogen-bond acceptors (Lipinski definition) is 2. The topological polar surface area (TPSA) is 40.5 Å². The molecule has 0 saturated heterocycles. The van der Waals surface area contributed by atoms with E-state index >= 15 is 0 Å². The van der Waals surface area contributed by atoms with E-state index in [0.717, 1.165) is 0 Å². The van der Waals surface area contributed by atoms with E-state index in [-0.39, 0.29) is 17.6 Å². The molecule has 0 spiro atoms. The molecular formula is C7H8O2. The van der Waals surface area contributed by atoms with Gasteiger partial charge >= 0.3 is 0 Å². The van der Waals surface area contributed by atoms with Crippen LogP contribution in [0.5, 0.6) is 11.5 Å². The Bertz CT molecular complexity index is 231. The molecule has 0 unspecified atom stereocenters. The van der Waals surface area contributed by atoms with Gasteiger partial charge in [-0.2, -0.15) is 0 Å². The zero-order valence-corrected chi connectivity index (χ0v) is 4.89. The first-order valence-corrected chi connectivity index (χ1v) is 2.45. The predicted molar refractivity (Wildman–Crippen MR) is 34.5 cm³/mol. The van der Waals surface area contributed by atoms with Crippen LogP contribution in [0.2, 0.25) is 0 Å². The van der Waals surface area contributed by atoms with Gasteiger partial charge in [-0.15, -0.1) is 0 Å². The van der Waals surface area contributed by atoms with Crippen molar-refractivity contribution in [3.8, 4) is 11.5 Å². The van der Waals surface area contributed by atoms with Gasteiger partial charge in [0.25, 0.3) is 0 Å². The molecule has 0 aromatic heterocycles. The zero-order valence-electron chi connectivity index (χ0n) is 7.89. The molecule has 1 rings (SSSR count). The Morgan fingerprint density at radius 3 is 2.67 bits per heavy atom. The van der Waals surface area contributed by atoms with Crippen LogP contribution in [-0.2, 0) is 0 Å². The Morgan fingerprint density at radius 2 is 2.00 bits per heavy atom. The summed E-state index contributed by atoms with van der Waals surface area (Å²) in [6.45, 7) is 1.45. The van der Waals surface area contributed by atoms with Crippen LogP contribution in [0.3, 0.4) is 0 Å². The van der Waals surface area contributed by atoms with E-state index in [2.05, 4.69) is 0 Å². The zero-order chi connectivity index (χ0) is 9.46. The lowest BCUT2D eigenvalue weighted by Crippen LogP contribution is -1.70. The van der Waals surface area contributed by atoms with Gasteiger partial charge in [-0.3, -0.25) is 0 Å². The molecule has 0 amide bonds. The van der Waals surface area contributed by atoms with Crippen LogP contribution in [0.4, 0.5) is 0 Å². The molecule has 0 bridgehead atoms. The van der Waals surface area contributed by atoms with Gasteiger partial charge < -0.3 is 10.2 Å². The smallest absolute Gasteiger partial charge is 0.157 e. The molecule has 0 aliphatic heterocycles. The van der Waals surface area contributed by atoms with Gasteiger partial charge in [0, 0.05) is 0 Å². The molecule has 2 nitrogen and oxygen atoms in total. The average Bonchev–Trinajstić information content (AvgIpc) is 2.08. The van der Waals surface area contributed by atoms with Gasteiger partial charge in [0.1, 0.15) is 0 Å². The van der Waals surface area contributed by atoms with Crippen LogP contribution in [0, 0.1) is 6.92 Å². The highest BCUT2D eigenvalue weighted by molar-refractivity contribution is 5.39. The summed E-state index contributed by atoms with van der Waals surface area (Å²) >= 11 is 0. The second kappa shape index (κ2) is 1.97. The summed E-state index contributed by atoms with van der Waals surface area (Å²) in [6, 6.07) is -0.968. The quantitative estimate of drug-likeness (QED) is 0.517. The van der Waals surface area contributed by atoms with Crippen LogP contribution in [-0.4, -0.2) is 10.2 Å². The minimum Gasteiger partial charge on any atom is -0.504 e. The number of rotatable bonds is 0. The van der Waals surface area contributed by atoms with Crippen LogP contribution >= 0.6 is 0 Å². The van der Waals surface area contributed by atoms with E-state index in [4.69, 9.17) is 14.3 Å². The Kier molecular flexibility index (Phi) is 0.681. The number of hydrogen-bond donors (Lipinski definition) is 2. The first-order valence-electron chi connectivity index (χ1n) is 3.95. The average molecular weight is 127 g/mol. The monoisotopic (exact) mass is 127 g/mol. The van der Waals surface area contributed by atoms with Gasteiger partial charge in [0.2, 0.25) is 0 Å². The molecular weight excluding hydrogens is 116 g/mol. The first kappa shape index (κ1) is 3.11. The highest BCUT2D eigenvalue weighted by Gasteiger charge is 1.94. The van der Waals surface area contributed by atoms with Crippen molar-refractivity contribution in [3.05, 3.63) is 23.7 Å². The van der Waals surface area contributed by atoms with Crippen molar-refractivity contribution in [3.63, 3.8) is 0 Å². The predicted octanol–water partition coefficient (Wildman–Crippen LogP) is 1.41. The maximum atomic E-state index is 9.05. The third-order valence-electron chi connectivity index (χ3n) is 0.899. The molecule has 2 N–H and O–H groups in total. The lowest BCUT2D eigenvalue weighted by molar-refractivity contribution is 0.403. The molecule has 0 heterocycles. The molecule has 0 radical (unpaired) electrons. The molecule has 0 atom stereocenters. The van der Waals surface area contributed by atoms with E-state index in [9.17, 15) is 0 Å². The highest BCUT2D eigenvalue weighted by atomic mass is 16.3. The Morgan fingerprint density at radius 1 is 1.33 bits per heavy atom. The van der Waals surface area contributed by atoms with Crippen LogP contribution in [0.1, 0.15) is 9.68 Å². The lowest BCUT2D eigenvalue weighted by atomic mass is 10.2. The maximum Gasteiger partial charge on any atom is 0.157 e. The summed E-state index contributed by atoms with van der Waals surface area (Å²) in [5.41, 5.74) is 0.190. The molecule has 0 aliphatic carbocycles. The van der Waals surface area contributed by atoms with E-state index in [0.29, 0.717) is 0 Å². The van der Waals surface area contributed by atoms with E-state index < -0.39 is 17.5 Å². The van der Waals surface area contributed by atoms with Gasteiger partial charge in [0.15, 0.2) is 11.5 Å². The fraction of sp³-hybridized carbons (Fsp3) is 0.143. The minimum absolute atomic E-state index is 0.190.